The topological polar surface area (TPSA) is 99.0 Å². The third-order valence-corrected chi connectivity index (χ3v) is 4.86. The fourth-order valence-corrected chi connectivity index (χ4v) is 3.28. The zero-order chi connectivity index (χ0) is 20.1. The first kappa shape index (κ1) is 19.6. The Kier molecular flexibility index (Phi) is 6.05. The highest BCUT2D eigenvalue weighted by Gasteiger charge is 2.13. The van der Waals surface area contributed by atoms with Crippen molar-refractivity contribution >= 4 is 29.3 Å². The van der Waals surface area contributed by atoms with Gasteiger partial charge in [0.25, 0.3) is 0 Å². The van der Waals surface area contributed by atoms with Gasteiger partial charge < -0.3 is 10.1 Å². The number of aryl methyl sites for hydroxylation is 2. The molecule has 0 atom stereocenters. The van der Waals surface area contributed by atoms with E-state index in [1.807, 2.05) is 26.0 Å². The van der Waals surface area contributed by atoms with E-state index in [1.54, 1.807) is 28.9 Å². The summed E-state index contributed by atoms with van der Waals surface area (Å²) in [6, 6.07) is 12.5. The number of esters is 1. The van der Waals surface area contributed by atoms with E-state index in [-0.39, 0.29) is 11.7 Å². The summed E-state index contributed by atoms with van der Waals surface area (Å²) < 4.78 is 6.27. The number of thioether (sulfide) groups is 1. The van der Waals surface area contributed by atoms with Crippen LogP contribution in [0.5, 0.6) is 0 Å². The number of amides is 1. The molecule has 1 heterocycles. The average molecular weight is 397 g/mol. The van der Waals surface area contributed by atoms with Gasteiger partial charge in [-0.1, -0.05) is 29.5 Å². The van der Waals surface area contributed by atoms with Crippen LogP contribution in [0.2, 0.25) is 0 Å². The van der Waals surface area contributed by atoms with Crippen molar-refractivity contribution in [2.75, 3.05) is 18.2 Å². The van der Waals surface area contributed by atoms with Gasteiger partial charge in [0.2, 0.25) is 11.1 Å². The second-order valence-corrected chi connectivity index (χ2v) is 7.01. The van der Waals surface area contributed by atoms with E-state index in [2.05, 4.69) is 31.6 Å². The molecule has 0 saturated carbocycles. The Bertz CT molecular complexity index is 1000. The molecular formula is C19H19N5O3S. The van der Waals surface area contributed by atoms with E-state index in [4.69, 9.17) is 0 Å². The van der Waals surface area contributed by atoms with E-state index in [9.17, 15) is 9.59 Å². The molecule has 0 aliphatic heterocycles. The molecule has 1 amide bonds. The molecule has 0 unspecified atom stereocenters. The summed E-state index contributed by atoms with van der Waals surface area (Å²) in [6.45, 7) is 4.01. The molecule has 28 heavy (non-hydrogen) atoms. The molecule has 0 aliphatic rings. The third kappa shape index (κ3) is 4.55. The summed E-state index contributed by atoms with van der Waals surface area (Å²) in [5.41, 5.74) is 4.08. The molecule has 1 N–H and O–H groups in total. The number of nitrogens with one attached hydrogen (secondary N) is 1. The standard InChI is InChI=1S/C19H19N5O3S/c1-12-4-9-16(13(2)10-12)24-19(21-22-23-24)28-11-17(25)20-15-7-5-14(6-8-15)18(26)27-3/h4-10H,11H2,1-3H3,(H,20,25). The van der Waals surface area contributed by atoms with Crippen LogP contribution in [0.25, 0.3) is 5.69 Å². The zero-order valence-electron chi connectivity index (χ0n) is 15.7. The fraction of sp³-hybridized carbons (Fsp3) is 0.211. The minimum atomic E-state index is -0.424. The number of carbonyl (C=O) groups is 2. The number of aromatic nitrogens is 4. The molecule has 0 bridgehead atoms. The van der Waals surface area contributed by atoms with Gasteiger partial charge in [-0.25, -0.2) is 4.79 Å². The molecule has 0 aliphatic carbocycles. The summed E-state index contributed by atoms with van der Waals surface area (Å²) in [6.07, 6.45) is 0. The van der Waals surface area contributed by atoms with Crippen LogP contribution in [0.4, 0.5) is 5.69 Å². The van der Waals surface area contributed by atoms with Crippen LogP contribution in [0.15, 0.2) is 47.6 Å². The van der Waals surface area contributed by atoms with Crippen LogP contribution in [0, 0.1) is 13.8 Å². The Balaban J connectivity index is 1.63. The molecule has 0 spiro atoms. The van der Waals surface area contributed by atoms with Crippen LogP contribution in [-0.2, 0) is 9.53 Å². The Morgan fingerprint density at radius 3 is 2.57 bits per heavy atom. The second kappa shape index (κ2) is 8.66. The van der Waals surface area contributed by atoms with Crippen molar-refractivity contribution < 1.29 is 14.3 Å². The van der Waals surface area contributed by atoms with Crippen molar-refractivity contribution in [1.82, 2.24) is 20.2 Å². The molecular weight excluding hydrogens is 378 g/mol. The number of methoxy groups -OCH3 is 1. The predicted molar refractivity (Wildman–Crippen MR) is 106 cm³/mol. The van der Waals surface area contributed by atoms with Gasteiger partial charge in [-0.3, -0.25) is 4.79 Å². The van der Waals surface area contributed by atoms with Gasteiger partial charge in [0.1, 0.15) is 0 Å². The lowest BCUT2D eigenvalue weighted by molar-refractivity contribution is -0.113. The Labute approximate surface area is 166 Å². The number of hydrogen-bond acceptors (Lipinski definition) is 7. The summed E-state index contributed by atoms with van der Waals surface area (Å²) in [5.74, 6) is -0.484. The van der Waals surface area contributed by atoms with E-state index < -0.39 is 5.97 Å². The molecule has 2 aromatic carbocycles. The van der Waals surface area contributed by atoms with Gasteiger partial charge in [-0.15, -0.1) is 5.10 Å². The van der Waals surface area contributed by atoms with Gasteiger partial charge in [-0.2, -0.15) is 4.68 Å². The van der Waals surface area contributed by atoms with Crippen LogP contribution < -0.4 is 5.32 Å². The summed E-state index contributed by atoms with van der Waals surface area (Å²) >= 11 is 1.24. The van der Waals surface area contributed by atoms with Crippen LogP contribution in [-0.4, -0.2) is 44.9 Å². The number of carbonyl (C=O) groups excluding carboxylic acids is 2. The number of hydrogen-bond donors (Lipinski definition) is 1. The molecule has 3 rings (SSSR count). The number of tetrazole rings is 1. The van der Waals surface area contributed by atoms with E-state index in [1.165, 1.54) is 18.9 Å². The molecule has 3 aromatic rings. The maximum absolute atomic E-state index is 12.2. The number of ether oxygens (including phenoxy) is 1. The van der Waals surface area contributed by atoms with Crippen LogP contribution in [0.1, 0.15) is 21.5 Å². The molecule has 0 fully saturated rings. The third-order valence-electron chi connectivity index (χ3n) is 3.94. The molecule has 9 heteroatoms. The molecule has 0 radical (unpaired) electrons. The highest BCUT2D eigenvalue weighted by Crippen LogP contribution is 2.21. The molecule has 144 valence electrons. The number of nitrogens with zero attached hydrogens (tertiary/aromatic N) is 4. The van der Waals surface area contributed by atoms with Crippen molar-refractivity contribution in [3.63, 3.8) is 0 Å². The van der Waals surface area contributed by atoms with Crippen molar-refractivity contribution in [2.45, 2.75) is 19.0 Å². The largest absolute Gasteiger partial charge is 0.465 e. The molecule has 8 nitrogen and oxygen atoms in total. The van der Waals surface area contributed by atoms with Crippen LogP contribution >= 0.6 is 11.8 Å². The maximum Gasteiger partial charge on any atom is 0.337 e. The van der Waals surface area contributed by atoms with Gasteiger partial charge >= 0.3 is 5.97 Å². The monoisotopic (exact) mass is 397 g/mol. The number of anilines is 1. The van der Waals surface area contributed by atoms with Gasteiger partial charge in [0, 0.05) is 5.69 Å². The van der Waals surface area contributed by atoms with E-state index in [0.29, 0.717) is 16.4 Å². The van der Waals surface area contributed by atoms with Crippen LogP contribution in [0.3, 0.4) is 0 Å². The SMILES string of the molecule is COC(=O)c1ccc(NC(=O)CSc2nnnn2-c2ccc(C)cc2C)cc1. The minimum Gasteiger partial charge on any atom is -0.465 e. The lowest BCUT2D eigenvalue weighted by Crippen LogP contribution is -2.15. The Hall–Kier alpha value is -3.20. The lowest BCUT2D eigenvalue weighted by atomic mass is 10.1. The first-order valence-corrected chi connectivity index (χ1v) is 9.43. The summed E-state index contributed by atoms with van der Waals surface area (Å²) in [7, 11) is 1.32. The highest BCUT2D eigenvalue weighted by molar-refractivity contribution is 7.99. The Morgan fingerprint density at radius 2 is 1.89 bits per heavy atom. The molecule has 1 aromatic heterocycles. The first-order valence-electron chi connectivity index (χ1n) is 8.45. The van der Waals surface area contributed by atoms with Crippen molar-refractivity contribution in [3.8, 4) is 5.69 Å². The quantitative estimate of drug-likeness (QED) is 0.504. The number of rotatable bonds is 6. The first-order chi connectivity index (χ1) is 13.5. The van der Waals surface area contributed by atoms with Crippen molar-refractivity contribution in [1.29, 1.82) is 0 Å². The minimum absolute atomic E-state index is 0.143. The maximum atomic E-state index is 12.2. The summed E-state index contributed by atoms with van der Waals surface area (Å²) in [5, 5.41) is 15.1. The lowest BCUT2D eigenvalue weighted by Gasteiger charge is -2.09. The zero-order valence-corrected chi connectivity index (χ0v) is 16.5. The second-order valence-electron chi connectivity index (χ2n) is 6.07. The smallest absolute Gasteiger partial charge is 0.337 e. The highest BCUT2D eigenvalue weighted by atomic mass is 32.2. The van der Waals surface area contributed by atoms with Gasteiger partial charge in [0.15, 0.2) is 0 Å². The van der Waals surface area contributed by atoms with Gasteiger partial charge in [0.05, 0.1) is 24.1 Å². The number of benzene rings is 2. The summed E-state index contributed by atoms with van der Waals surface area (Å²) in [4.78, 5) is 23.7. The van der Waals surface area contributed by atoms with E-state index in [0.717, 1.165) is 16.8 Å². The normalized spacial score (nSPS) is 10.5. The predicted octanol–water partition coefficient (Wildman–Crippen LogP) is 2.80. The fourth-order valence-electron chi connectivity index (χ4n) is 2.60. The van der Waals surface area contributed by atoms with E-state index >= 15 is 0 Å². The Morgan fingerprint density at radius 1 is 1.14 bits per heavy atom. The average Bonchev–Trinajstić information content (AvgIpc) is 3.14. The van der Waals surface area contributed by atoms with Crippen molar-refractivity contribution in [2.24, 2.45) is 0 Å². The molecule has 0 saturated heterocycles. The van der Waals surface area contributed by atoms with Gasteiger partial charge in [-0.05, 0) is 60.2 Å². The van der Waals surface area contributed by atoms with Crippen molar-refractivity contribution in [3.05, 3.63) is 59.2 Å².